The molecule has 0 saturated carbocycles. The summed E-state index contributed by atoms with van der Waals surface area (Å²) in [6, 6.07) is 7.78. The Labute approximate surface area is 141 Å². The average Bonchev–Trinajstić information content (AvgIpc) is 2.38. The van der Waals surface area contributed by atoms with Crippen molar-refractivity contribution < 1.29 is 9.53 Å². The number of ether oxygens (including phenoxy) is 1. The van der Waals surface area contributed by atoms with Crippen LogP contribution in [0.4, 0.5) is 0 Å². The molecule has 0 amide bonds. The summed E-state index contributed by atoms with van der Waals surface area (Å²) in [4.78, 5) is 11.9. The lowest BCUT2D eigenvalue weighted by Crippen LogP contribution is -2.38. The molecule has 0 heterocycles. The summed E-state index contributed by atoms with van der Waals surface area (Å²) in [7, 11) is 0. The molecule has 3 nitrogen and oxygen atoms in total. The number of carbonyl (C=O) groups is 1. The highest BCUT2D eigenvalue weighted by atomic mass is 35.5. The fourth-order valence-corrected chi connectivity index (χ4v) is 2.45. The van der Waals surface area contributed by atoms with Crippen molar-refractivity contribution in [3.05, 3.63) is 35.4 Å². The smallest absolute Gasteiger partial charge is 0.323 e. The highest BCUT2D eigenvalue weighted by molar-refractivity contribution is 5.85. The molecule has 1 aromatic carbocycles. The average molecular weight is 328 g/mol. The maximum Gasteiger partial charge on any atom is 0.323 e. The first-order valence-electron chi connectivity index (χ1n) is 7.84. The lowest BCUT2D eigenvalue weighted by atomic mass is 9.91. The molecule has 2 N–H and O–H groups in total. The van der Waals surface area contributed by atoms with Gasteiger partial charge in [-0.15, -0.1) is 12.4 Å². The molecule has 1 atom stereocenters. The van der Waals surface area contributed by atoms with Gasteiger partial charge < -0.3 is 10.5 Å². The van der Waals surface area contributed by atoms with Gasteiger partial charge in [-0.25, -0.2) is 0 Å². The van der Waals surface area contributed by atoms with Crippen molar-refractivity contribution >= 4 is 18.4 Å². The van der Waals surface area contributed by atoms with E-state index in [1.165, 1.54) is 5.56 Å². The van der Waals surface area contributed by atoms with Crippen LogP contribution in [-0.2, 0) is 16.0 Å². The van der Waals surface area contributed by atoms with Gasteiger partial charge in [0.05, 0.1) is 0 Å². The number of rotatable bonds is 6. The van der Waals surface area contributed by atoms with Gasteiger partial charge in [0.1, 0.15) is 11.6 Å². The molecular formula is C18H30ClNO2. The predicted molar refractivity (Wildman–Crippen MR) is 94.5 cm³/mol. The Morgan fingerprint density at radius 2 is 1.82 bits per heavy atom. The van der Waals surface area contributed by atoms with Crippen LogP contribution in [0, 0.1) is 0 Å². The molecule has 22 heavy (non-hydrogen) atoms. The first kappa shape index (κ1) is 20.9. The number of carbonyl (C=O) groups excluding carboxylic acids is 1. The number of halogens is 1. The third-order valence-electron chi connectivity index (χ3n) is 3.57. The first-order valence-corrected chi connectivity index (χ1v) is 7.84. The van der Waals surface area contributed by atoms with Gasteiger partial charge in [-0.3, -0.25) is 4.79 Å². The Morgan fingerprint density at radius 1 is 1.23 bits per heavy atom. The van der Waals surface area contributed by atoms with Crippen LogP contribution >= 0.6 is 12.4 Å². The molecule has 0 spiro atoms. The lowest BCUT2D eigenvalue weighted by Gasteiger charge is -2.22. The molecule has 0 aliphatic rings. The van der Waals surface area contributed by atoms with Crippen molar-refractivity contribution in [1.82, 2.24) is 0 Å². The second-order valence-corrected chi connectivity index (χ2v) is 6.60. The normalized spacial score (nSPS) is 12.7. The summed E-state index contributed by atoms with van der Waals surface area (Å²) in [5.41, 5.74) is 7.90. The molecule has 1 rings (SSSR count). The standard InChI is InChI=1S/C18H29NO2.ClH/c1-6-14(7-2)15-10-8-9-13(11-15)12-16(19)17(20)21-18(3,4)5;/h8-11,14,16H,6-7,12,19H2,1-5H3;1H/t16-;/m0./s1. The number of esters is 1. The number of nitrogens with two attached hydrogens (primary N) is 1. The molecule has 0 fully saturated rings. The third kappa shape index (κ3) is 6.80. The maximum atomic E-state index is 11.9. The Hall–Kier alpha value is -1.06. The van der Waals surface area contributed by atoms with Crippen LogP contribution in [0.25, 0.3) is 0 Å². The Bertz CT molecular complexity index is 464. The van der Waals surface area contributed by atoms with Crippen LogP contribution in [0.3, 0.4) is 0 Å². The highest BCUT2D eigenvalue weighted by Crippen LogP contribution is 2.24. The van der Waals surface area contributed by atoms with Gasteiger partial charge in [0.2, 0.25) is 0 Å². The van der Waals surface area contributed by atoms with Crippen LogP contribution in [0.1, 0.15) is 64.5 Å². The molecule has 0 radical (unpaired) electrons. The fraction of sp³-hybridized carbons (Fsp3) is 0.611. The topological polar surface area (TPSA) is 52.3 Å². The Morgan fingerprint density at radius 3 is 2.32 bits per heavy atom. The van der Waals surface area contributed by atoms with E-state index in [1.807, 2.05) is 32.9 Å². The monoisotopic (exact) mass is 327 g/mol. The Kier molecular flexibility index (Phi) is 8.72. The van der Waals surface area contributed by atoms with E-state index in [0.717, 1.165) is 18.4 Å². The fourth-order valence-electron chi connectivity index (χ4n) is 2.45. The third-order valence-corrected chi connectivity index (χ3v) is 3.57. The van der Waals surface area contributed by atoms with E-state index >= 15 is 0 Å². The summed E-state index contributed by atoms with van der Waals surface area (Å²) < 4.78 is 5.33. The van der Waals surface area contributed by atoms with E-state index in [1.54, 1.807) is 0 Å². The van der Waals surface area contributed by atoms with Gasteiger partial charge in [-0.2, -0.15) is 0 Å². The number of benzene rings is 1. The molecule has 0 aliphatic carbocycles. The molecule has 126 valence electrons. The van der Waals surface area contributed by atoms with E-state index in [-0.39, 0.29) is 18.4 Å². The Balaban J connectivity index is 0.00000441. The van der Waals surface area contributed by atoms with Gasteiger partial charge in [0.25, 0.3) is 0 Å². The van der Waals surface area contributed by atoms with Crippen LogP contribution in [-0.4, -0.2) is 17.6 Å². The van der Waals surface area contributed by atoms with E-state index in [9.17, 15) is 4.79 Å². The second kappa shape index (κ2) is 9.16. The molecule has 0 bridgehead atoms. The minimum atomic E-state index is -0.610. The minimum Gasteiger partial charge on any atom is -0.459 e. The molecule has 0 aromatic heterocycles. The zero-order valence-corrected chi connectivity index (χ0v) is 15.2. The number of hydrogen-bond donors (Lipinski definition) is 1. The van der Waals surface area contributed by atoms with Crippen molar-refractivity contribution in [3.8, 4) is 0 Å². The summed E-state index contributed by atoms with van der Waals surface area (Å²) in [5, 5.41) is 0. The summed E-state index contributed by atoms with van der Waals surface area (Å²) in [5.74, 6) is 0.234. The van der Waals surface area contributed by atoms with Crippen LogP contribution < -0.4 is 5.73 Å². The SMILES string of the molecule is CCC(CC)c1cccc(C[C@H](N)C(=O)OC(C)(C)C)c1.Cl. The molecule has 0 unspecified atom stereocenters. The van der Waals surface area contributed by atoms with Gasteiger partial charge in [-0.1, -0.05) is 38.1 Å². The van der Waals surface area contributed by atoms with Gasteiger partial charge in [0.15, 0.2) is 0 Å². The van der Waals surface area contributed by atoms with Crippen molar-refractivity contribution in [3.63, 3.8) is 0 Å². The number of hydrogen-bond acceptors (Lipinski definition) is 3. The lowest BCUT2D eigenvalue weighted by molar-refractivity contribution is -0.156. The maximum absolute atomic E-state index is 11.9. The second-order valence-electron chi connectivity index (χ2n) is 6.60. The van der Waals surface area contributed by atoms with Gasteiger partial charge >= 0.3 is 5.97 Å². The van der Waals surface area contributed by atoms with E-state index in [4.69, 9.17) is 10.5 Å². The van der Waals surface area contributed by atoms with Crippen molar-refractivity contribution in [2.75, 3.05) is 0 Å². The van der Waals surface area contributed by atoms with Crippen molar-refractivity contribution in [1.29, 1.82) is 0 Å². The zero-order valence-electron chi connectivity index (χ0n) is 14.4. The van der Waals surface area contributed by atoms with Crippen molar-refractivity contribution in [2.24, 2.45) is 5.73 Å². The molecule has 1 aromatic rings. The van der Waals surface area contributed by atoms with Crippen LogP contribution in [0.2, 0.25) is 0 Å². The highest BCUT2D eigenvalue weighted by Gasteiger charge is 2.22. The predicted octanol–water partition coefficient (Wildman–Crippen LogP) is 4.22. The zero-order chi connectivity index (χ0) is 16.0. The van der Waals surface area contributed by atoms with Crippen LogP contribution in [0.15, 0.2) is 24.3 Å². The first-order chi connectivity index (χ1) is 9.76. The van der Waals surface area contributed by atoms with E-state index in [0.29, 0.717) is 12.3 Å². The van der Waals surface area contributed by atoms with Gasteiger partial charge in [-0.05, 0) is 57.1 Å². The van der Waals surface area contributed by atoms with E-state index in [2.05, 4.69) is 26.0 Å². The van der Waals surface area contributed by atoms with Gasteiger partial charge in [0, 0.05) is 0 Å². The molecule has 0 aliphatic heterocycles. The van der Waals surface area contributed by atoms with Crippen LogP contribution in [0.5, 0.6) is 0 Å². The van der Waals surface area contributed by atoms with E-state index < -0.39 is 11.6 Å². The summed E-state index contributed by atoms with van der Waals surface area (Å²) in [6.45, 7) is 9.96. The van der Waals surface area contributed by atoms with Crippen molar-refractivity contribution in [2.45, 2.75) is 71.4 Å². The summed E-state index contributed by atoms with van der Waals surface area (Å²) >= 11 is 0. The largest absolute Gasteiger partial charge is 0.459 e. The quantitative estimate of drug-likeness (QED) is 0.796. The minimum absolute atomic E-state index is 0. The summed E-state index contributed by atoms with van der Waals surface area (Å²) in [6.07, 6.45) is 2.76. The molecule has 0 saturated heterocycles. The molecular weight excluding hydrogens is 298 g/mol. The molecule has 4 heteroatoms.